The van der Waals surface area contributed by atoms with Gasteiger partial charge in [-0.15, -0.1) is 0 Å². The lowest BCUT2D eigenvalue weighted by atomic mass is 10.2. The summed E-state index contributed by atoms with van der Waals surface area (Å²) in [5, 5.41) is 11.7. The van der Waals surface area contributed by atoms with Crippen molar-refractivity contribution in [2.75, 3.05) is 18.1 Å². The summed E-state index contributed by atoms with van der Waals surface area (Å²) >= 11 is 7.33. The zero-order chi connectivity index (χ0) is 14.8. The molecule has 0 heterocycles. The van der Waals surface area contributed by atoms with Crippen LogP contribution in [0.1, 0.15) is 6.42 Å². The Bertz CT molecular complexity index is 427. The molecule has 2 N–H and O–H groups in total. The molecule has 1 atom stereocenters. The molecule has 0 fully saturated rings. The monoisotopic (exact) mass is 317 g/mol. The Kier molecular flexibility index (Phi) is 7.91. The van der Waals surface area contributed by atoms with Crippen LogP contribution < -0.4 is 10.1 Å². The van der Waals surface area contributed by atoms with Gasteiger partial charge in [0.2, 0.25) is 6.41 Å². The summed E-state index contributed by atoms with van der Waals surface area (Å²) < 4.78 is 5.50. The van der Waals surface area contributed by atoms with E-state index in [1.165, 1.54) is 0 Å². The van der Waals surface area contributed by atoms with Crippen LogP contribution in [0.25, 0.3) is 0 Å². The molecule has 0 radical (unpaired) electrons. The Morgan fingerprint density at radius 2 is 2.10 bits per heavy atom. The maximum absolute atomic E-state index is 10.8. The van der Waals surface area contributed by atoms with Crippen molar-refractivity contribution in [1.82, 2.24) is 5.32 Å². The first-order valence-electron chi connectivity index (χ1n) is 6.02. The predicted octanol–water partition coefficient (Wildman–Crippen LogP) is 2.04. The number of rotatable bonds is 10. The molecular formula is C13H16ClNO4S. The third kappa shape index (κ3) is 6.68. The predicted molar refractivity (Wildman–Crippen MR) is 79.5 cm³/mol. The molecule has 0 aliphatic rings. The van der Waals surface area contributed by atoms with Crippen LogP contribution in [-0.4, -0.2) is 41.6 Å². The second-order valence-corrected chi connectivity index (χ2v) is 5.54. The third-order valence-corrected chi connectivity index (χ3v) is 3.66. The van der Waals surface area contributed by atoms with E-state index < -0.39 is 12.0 Å². The van der Waals surface area contributed by atoms with Crippen molar-refractivity contribution in [2.45, 2.75) is 12.5 Å². The zero-order valence-corrected chi connectivity index (χ0v) is 12.3. The van der Waals surface area contributed by atoms with Crippen LogP contribution in [0, 0.1) is 0 Å². The van der Waals surface area contributed by atoms with Crippen LogP contribution >= 0.6 is 23.4 Å². The highest BCUT2D eigenvalue weighted by molar-refractivity contribution is 7.99. The molecular weight excluding hydrogens is 302 g/mol. The molecule has 1 amide bonds. The van der Waals surface area contributed by atoms with Gasteiger partial charge in [-0.05, 0) is 36.4 Å². The molecule has 0 spiro atoms. The van der Waals surface area contributed by atoms with E-state index in [-0.39, 0.29) is 0 Å². The van der Waals surface area contributed by atoms with Gasteiger partial charge in [0.1, 0.15) is 11.8 Å². The summed E-state index contributed by atoms with van der Waals surface area (Å²) in [7, 11) is 0. The number of hydrogen-bond acceptors (Lipinski definition) is 4. The van der Waals surface area contributed by atoms with Crippen LogP contribution in [0.5, 0.6) is 5.75 Å². The van der Waals surface area contributed by atoms with Gasteiger partial charge < -0.3 is 15.2 Å². The first-order chi connectivity index (χ1) is 9.63. The number of carboxylic acid groups (broad SMARTS) is 1. The van der Waals surface area contributed by atoms with E-state index in [1.54, 1.807) is 36.0 Å². The van der Waals surface area contributed by atoms with Gasteiger partial charge in [0.25, 0.3) is 0 Å². The minimum absolute atomic E-state index is 0.389. The van der Waals surface area contributed by atoms with E-state index in [2.05, 4.69) is 5.32 Å². The van der Waals surface area contributed by atoms with E-state index in [0.717, 1.165) is 11.5 Å². The second kappa shape index (κ2) is 9.50. The second-order valence-electron chi connectivity index (χ2n) is 3.88. The van der Waals surface area contributed by atoms with Gasteiger partial charge >= 0.3 is 5.97 Å². The summed E-state index contributed by atoms with van der Waals surface area (Å²) in [5.74, 6) is 1.12. The van der Waals surface area contributed by atoms with Gasteiger partial charge in [0, 0.05) is 10.8 Å². The molecule has 20 heavy (non-hydrogen) atoms. The Morgan fingerprint density at radius 1 is 1.40 bits per heavy atom. The average Bonchev–Trinajstić information content (AvgIpc) is 2.43. The zero-order valence-electron chi connectivity index (χ0n) is 10.8. The van der Waals surface area contributed by atoms with Crippen LogP contribution in [0.3, 0.4) is 0 Å². The largest absolute Gasteiger partial charge is 0.493 e. The van der Waals surface area contributed by atoms with Crippen LogP contribution in [0.15, 0.2) is 24.3 Å². The molecule has 0 aliphatic carbocycles. The summed E-state index contributed by atoms with van der Waals surface area (Å²) in [4.78, 5) is 21.0. The number of ether oxygens (including phenoxy) is 1. The smallest absolute Gasteiger partial charge is 0.326 e. The molecule has 1 rings (SSSR count). The van der Waals surface area contributed by atoms with E-state index in [1.807, 2.05) is 0 Å². The van der Waals surface area contributed by atoms with Gasteiger partial charge in [-0.1, -0.05) is 11.6 Å². The number of amides is 1. The van der Waals surface area contributed by atoms with Crippen molar-refractivity contribution < 1.29 is 19.4 Å². The molecule has 0 saturated heterocycles. The summed E-state index contributed by atoms with van der Waals surface area (Å²) in [5.41, 5.74) is 0. The maximum Gasteiger partial charge on any atom is 0.326 e. The minimum atomic E-state index is -1.02. The third-order valence-electron chi connectivity index (χ3n) is 2.43. The fourth-order valence-electron chi connectivity index (χ4n) is 1.41. The van der Waals surface area contributed by atoms with Crippen LogP contribution in [-0.2, 0) is 9.59 Å². The number of carbonyl (C=O) groups is 2. The molecule has 1 aromatic rings. The molecule has 0 aromatic heterocycles. The molecule has 0 bridgehead atoms. The maximum atomic E-state index is 10.8. The number of thioether (sulfide) groups is 1. The molecule has 0 aliphatic heterocycles. The number of halogens is 1. The van der Waals surface area contributed by atoms with Gasteiger partial charge in [0.15, 0.2) is 0 Å². The summed E-state index contributed by atoms with van der Waals surface area (Å²) in [6, 6.07) is 6.28. The lowest BCUT2D eigenvalue weighted by molar-refractivity contribution is -0.140. The van der Waals surface area contributed by atoms with Crippen molar-refractivity contribution in [3.8, 4) is 5.75 Å². The summed E-state index contributed by atoms with van der Waals surface area (Å²) in [6.07, 6.45) is 0.798. The molecule has 1 aromatic carbocycles. The Balaban J connectivity index is 2.11. The fraction of sp³-hybridized carbons (Fsp3) is 0.385. The highest BCUT2D eigenvalue weighted by Crippen LogP contribution is 2.16. The van der Waals surface area contributed by atoms with Gasteiger partial charge in [-0.25, -0.2) is 4.79 Å². The van der Waals surface area contributed by atoms with Crippen molar-refractivity contribution >= 4 is 35.7 Å². The normalized spacial score (nSPS) is 11.7. The van der Waals surface area contributed by atoms with Crippen molar-refractivity contribution in [2.24, 2.45) is 0 Å². The van der Waals surface area contributed by atoms with Gasteiger partial charge in [0.05, 0.1) is 6.61 Å². The van der Waals surface area contributed by atoms with Crippen molar-refractivity contribution in [3.05, 3.63) is 29.3 Å². The molecule has 5 nitrogen and oxygen atoms in total. The van der Waals surface area contributed by atoms with Crippen LogP contribution in [0.4, 0.5) is 0 Å². The SMILES string of the molecule is O=CNC(CCSCCOc1ccc(Cl)cc1)C(=O)O. The first-order valence-corrected chi connectivity index (χ1v) is 7.55. The number of aliphatic carboxylic acids is 1. The molecule has 0 saturated carbocycles. The fourth-order valence-corrected chi connectivity index (χ4v) is 2.35. The van der Waals surface area contributed by atoms with Crippen molar-refractivity contribution in [3.63, 3.8) is 0 Å². The highest BCUT2D eigenvalue weighted by atomic mass is 35.5. The number of nitrogens with one attached hydrogen (secondary N) is 1. The number of carbonyl (C=O) groups excluding carboxylic acids is 1. The number of hydrogen-bond donors (Lipinski definition) is 2. The molecule has 7 heteroatoms. The Labute approximate surface area is 126 Å². The lowest BCUT2D eigenvalue weighted by Crippen LogP contribution is -2.36. The standard InChI is InChI=1S/C13H16ClNO4S/c14-10-1-3-11(4-2-10)19-6-8-20-7-5-12(13(17)18)15-9-16/h1-4,9,12H,5-8H2,(H,15,16)(H,17,18). The molecule has 110 valence electrons. The number of carboxylic acids is 1. The van der Waals surface area contributed by atoms with E-state index in [0.29, 0.717) is 30.2 Å². The minimum Gasteiger partial charge on any atom is -0.493 e. The topological polar surface area (TPSA) is 75.6 Å². The molecule has 1 unspecified atom stereocenters. The van der Waals surface area contributed by atoms with E-state index >= 15 is 0 Å². The highest BCUT2D eigenvalue weighted by Gasteiger charge is 2.15. The van der Waals surface area contributed by atoms with Gasteiger partial charge in [-0.3, -0.25) is 4.79 Å². The first kappa shape index (κ1) is 16.7. The number of benzene rings is 1. The van der Waals surface area contributed by atoms with Gasteiger partial charge in [-0.2, -0.15) is 11.8 Å². The van der Waals surface area contributed by atoms with Crippen molar-refractivity contribution in [1.29, 1.82) is 0 Å². The van der Waals surface area contributed by atoms with Crippen LogP contribution in [0.2, 0.25) is 5.02 Å². The quantitative estimate of drug-likeness (QED) is 0.510. The Hall–Kier alpha value is -1.40. The average molecular weight is 318 g/mol. The Morgan fingerprint density at radius 3 is 2.70 bits per heavy atom. The van der Waals surface area contributed by atoms with E-state index in [9.17, 15) is 9.59 Å². The van der Waals surface area contributed by atoms with E-state index in [4.69, 9.17) is 21.4 Å². The summed E-state index contributed by atoms with van der Waals surface area (Å²) in [6.45, 7) is 0.533. The lowest BCUT2D eigenvalue weighted by Gasteiger charge is -2.10.